The molecule has 1 aliphatic rings. The zero-order valence-corrected chi connectivity index (χ0v) is 13.7. The van der Waals surface area contributed by atoms with Gasteiger partial charge in [-0.2, -0.15) is 0 Å². The van der Waals surface area contributed by atoms with E-state index >= 15 is 0 Å². The summed E-state index contributed by atoms with van der Waals surface area (Å²) < 4.78 is 0.0435. The Balaban J connectivity index is 2.30. The first-order chi connectivity index (χ1) is 10.8. The van der Waals surface area contributed by atoms with E-state index in [9.17, 15) is 19.5 Å². The fourth-order valence-corrected chi connectivity index (χ4v) is 3.37. The molecule has 120 valence electrons. The van der Waals surface area contributed by atoms with Gasteiger partial charge in [0.1, 0.15) is 10.4 Å². The zero-order chi connectivity index (χ0) is 17.1. The SMILES string of the molecule is Cc1ccc(/C=C2\SC(=S)N([C@@H](CC(=O)O)C(=O)O)C2=O)cc1. The van der Waals surface area contributed by atoms with Crippen LogP contribution in [-0.2, 0) is 14.4 Å². The van der Waals surface area contributed by atoms with E-state index in [0.717, 1.165) is 27.8 Å². The second kappa shape index (κ2) is 6.93. The second-order valence-electron chi connectivity index (χ2n) is 4.91. The smallest absolute Gasteiger partial charge is 0.327 e. The Morgan fingerprint density at radius 1 is 1.30 bits per heavy atom. The fourth-order valence-electron chi connectivity index (χ4n) is 2.02. The molecule has 23 heavy (non-hydrogen) atoms. The van der Waals surface area contributed by atoms with Crippen molar-refractivity contribution in [2.75, 3.05) is 0 Å². The highest BCUT2D eigenvalue weighted by molar-refractivity contribution is 8.26. The molecule has 0 aromatic heterocycles. The summed E-state index contributed by atoms with van der Waals surface area (Å²) >= 11 is 6.02. The first kappa shape index (κ1) is 17.2. The van der Waals surface area contributed by atoms with Crippen molar-refractivity contribution in [3.8, 4) is 0 Å². The number of hydrogen-bond acceptors (Lipinski definition) is 5. The van der Waals surface area contributed by atoms with Crippen molar-refractivity contribution in [3.63, 3.8) is 0 Å². The number of amides is 1. The highest BCUT2D eigenvalue weighted by Gasteiger charge is 2.41. The number of thioether (sulfide) groups is 1. The molecule has 1 atom stereocenters. The van der Waals surface area contributed by atoms with E-state index in [-0.39, 0.29) is 9.23 Å². The summed E-state index contributed by atoms with van der Waals surface area (Å²) in [4.78, 5) is 35.6. The minimum absolute atomic E-state index is 0.0435. The van der Waals surface area contributed by atoms with Crippen LogP contribution in [0.15, 0.2) is 29.2 Å². The average molecular weight is 351 g/mol. The number of benzene rings is 1. The van der Waals surface area contributed by atoms with Gasteiger partial charge in [-0.15, -0.1) is 0 Å². The Bertz CT molecular complexity index is 711. The molecule has 0 saturated carbocycles. The molecule has 0 unspecified atom stereocenters. The van der Waals surface area contributed by atoms with Crippen LogP contribution >= 0.6 is 24.0 Å². The molecular weight excluding hydrogens is 338 g/mol. The Morgan fingerprint density at radius 3 is 2.43 bits per heavy atom. The number of carboxylic acids is 2. The van der Waals surface area contributed by atoms with Gasteiger partial charge < -0.3 is 10.2 Å². The van der Waals surface area contributed by atoms with Gasteiger partial charge in [0.2, 0.25) is 0 Å². The Morgan fingerprint density at radius 2 is 1.91 bits per heavy atom. The van der Waals surface area contributed by atoms with E-state index in [0.29, 0.717) is 0 Å². The van der Waals surface area contributed by atoms with Gasteiger partial charge in [0.15, 0.2) is 0 Å². The van der Waals surface area contributed by atoms with E-state index in [1.54, 1.807) is 6.08 Å². The Labute approximate surface area is 141 Å². The van der Waals surface area contributed by atoms with Crippen LogP contribution in [0.2, 0.25) is 0 Å². The molecule has 1 amide bonds. The maximum atomic E-state index is 12.4. The number of aryl methyl sites for hydroxylation is 1. The molecular formula is C15H13NO5S2. The van der Waals surface area contributed by atoms with Gasteiger partial charge in [-0.25, -0.2) is 4.79 Å². The van der Waals surface area contributed by atoms with Crippen LogP contribution in [0.1, 0.15) is 17.5 Å². The van der Waals surface area contributed by atoms with Gasteiger partial charge in [0, 0.05) is 0 Å². The normalized spacial score (nSPS) is 17.6. The predicted molar refractivity (Wildman–Crippen MR) is 89.9 cm³/mol. The zero-order valence-electron chi connectivity index (χ0n) is 12.1. The molecule has 1 heterocycles. The number of carbonyl (C=O) groups excluding carboxylic acids is 1. The van der Waals surface area contributed by atoms with Crippen molar-refractivity contribution in [3.05, 3.63) is 40.3 Å². The third-order valence-corrected chi connectivity index (χ3v) is 4.49. The van der Waals surface area contributed by atoms with Gasteiger partial charge in [-0.1, -0.05) is 53.8 Å². The van der Waals surface area contributed by atoms with Crippen LogP contribution in [0.3, 0.4) is 0 Å². The first-order valence-electron chi connectivity index (χ1n) is 6.58. The molecule has 1 aliphatic heterocycles. The van der Waals surface area contributed by atoms with Crippen molar-refractivity contribution in [2.24, 2.45) is 0 Å². The molecule has 8 heteroatoms. The molecule has 0 radical (unpaired) electrons. The molecule has 2 rings (SSSR count). The monoisotopic (exact) mass is 351 g/mol. The molecule has 0 bridgehead atoms. The van der Waals surface area contributed by atoms with Gasteiger partial charge in [-0.05, 0) is 18.6 Å². The number of nitrogens with zero attached hydrogens (tertiary/aromatic N) is 1. The lowest BCUT2D eigenvalue weighted by Crippen LogP contribution is -2.45. The Hall–Kier alpha value is -2.19. The van der Waals surface area contributed by atoms with Gasteiger partial charge in [-0.3, -0.25) is 14.5 Å². The van der Waals surface area contributed by atoms with E-state index in [4.69, 9.17) is 17.3 Å². The highest BCUT2D eigenvalue weighted by Crippen LogP contribution is 2.34. The van der Waals surface area contributed by atoms with Gasteiger partial charge in [0.05, 0.1) is 11.3 Å². The predicted octanol–water partition coefficient (Wildman–Crippen LogP) is 2.12. The minimum atomic E-state index is -1.51. The van der Waals surface area contributed by atoms with E-state index in [1.165, 1.54) is 0 Å². The number of hydrogen-bond donors (Lipinski definition) is 2. The number of aliphatic carboxylic acids is 2. The highest BCUT2D eigenvalue weighted by atomic mass is 32.2. The van der Waals surface area contributed by atoms with Crippen molar-refractivity contribution in [1.29, 1.82) is 0 Å². The summed E-state index contributed by atoms with van der Waals surface area (Å²) in [5.41, 5.74) is 1.85. The number of rotatable bonds is 5. The topological polar surface area (TPSA) is 94.9 Å². The number of carbonyl (C=O) groups is 3. The number of thiocarbonyl (C=S) groups is 1. The molecule has 6 nitrogen and oxygen atoms in total. The van der Waals surface area contributed by atoms with Gasteiger partial charge >= 0.3 is 11.9 Å². The lowest BCUT2D eigenvalue weighted by molar-refractivity contribution is -0.150. The Kier molecular flexibility index (Phi) is 5.17. The summed E-state index contributed by atoms with van der Waals surface area (Å²) in [5, 5.41) is 18.0. The van der Waals surface area contributed by atoms with E-state index in [2.05, 4.69) is 0 Å². The standard InChI is InChI=1S/C15H13NO5S2/c1-8-2-4-9(5-3-8)6-11-13(19)16(15(22)23-11)10(14(20)21)7-12(17)18/h2-6,10H,7H2,1H3,(H,17,18)(H,20,21)/b11-6-/t10-/m0/s1. The van der Waals surface area contributed by atoms with E-state index in [1.807, 2.05) is 31.2 Å². The summed E-state index contributed by atoms with van der Waals surface area (Å²) in [6.45, 7) is 1.94. The third-order valence-electron chi connectivity index (χ3n) is 3.16. The van der Waals surface area contributed by atoms with Crippen LogP contribution in [0.5, 0.6) is 0 Å². The van der Waals surface area contributed by atoms with Crippen molar-refractivity contribution >= 4 is 52.2 Å². The van der Waals surface area contributed by atoms with Gasteiger partial charge in [0.25, 0.3) is 5.91 Å². The number of carboxylic acid groups (broad SMARTS) is 2. The lowest BCUT2D eigenvalue weighted by atomic mass is 10.1. The summed E-state index contributed by atoms with van der Waals surface area (Å²) in [6.07, 6.45) is 0.901. The van der Waals surface area contributed by atoms with Crippen LogP contribution in [-0.4, -0.2) is 43.3 Å². The molecule has 0 spiro atoms. The molecule has 2 N–H and O–H groups in total. The fraction of sp³-hybridized carbons (Fsp3) is 0.200. The van der Waals surface area contributed by atoms with Crippen LogP contribution in [0.25, 0.3) is 6.08 Å². The molecule has 0 aliphatic carbocycles. The van der Waals surface area contributed by atoms with Crippen molar-refractivity contribution in [1.82, 2.24) is 4.90 Å². The summed E-state index contributed by atoms with van der Waals surface area (Å²) in [6, 6.07) is 5.92. The lowest BCUT2D eigenvalue weighted by Gasteiger charge is -2.21. The summed E-state index contributed by atoms with van der Waals surface area (Å²) in [5.74, 6) is -3.30. The largest absolute Gasteiger partial charge is 0.481 e. The maximum Gasteiger partial charge on any atom is 0.327 e. The average Bonchev–Trinajstić information content (AvgIpc) is 2.73. The van der Waals surface area contributed by atoms with Crippen LogP contribution in [0, 0.1) is 6.92 Å². The molecule has 1 saturated heterocycles. The van der Waals surface area contributed by atoms with Crippen molar-refractivity contribution in [2.45, 2.75) is 19.4 Å². The summed E-state index contributed by atoms with van der Waals surface area (Å²) in [7, 11) is 0. The maximum absolute atomic E-state index is 12.4. The molecule has 1 aromatic carbocycles. The molecule has 1 fully saturated rings. The quantitative estimate of drug-likeness (QED) is 0.620. The second-order valence-corrected chi connectivity index (χ2v) is 6.59. The first-order valence-corrected chi connectivity index (χ1v) is 7.80. The van der Waals surface area contributed by atoms with E-state index < -0.39 is 30.3 Å². The van der Waals surface area contributed by atoms with Crippen molar-refractivity contribution < 1.29 is 24.6 Å². The molecule has 1 aromatic rings. The van der Waals surface area contributed by atoms with Crippen LogP contribution in [0.4, 0.5) is 0 Å². The van der Waals surface area contributed by atoms with Crippen LogP contribution < -0.4 is 0 Å². The third kappa shape index (κ3) is 3.96. The minimum Gasteiger partial charge on any atom is -0.481 e.